The summed E-state index contributed by atoms with van der Waals surface area (Å²) >= 11 is 0. The fourth-order valence-corrected chi connectivity index (χ4v) is 4.52. The quantitative estimate of drug-likeness (QED) is 0.246. The summed E-state index contributed by atoms with van der Waals surface area (Å²) < 4.78 is 7.85. The molecular weight excluding hydrogens is 406 g/mol. The minimum Gasteiger partial charge on any atom is -1.00 e. The summed E-state index contributed by atoms with van der Waals surface area (Å²) in [5, 5.41) is 2.65. The average Bonchev–Trinajstić information content (AvgIpc) is 2.94. The highest BCUT2D eigenvalue weighted by Gasteiger charge is 2.43. The van der Waals surface area contributed by atoms with Gasteiger partial charge in [-0.2, -0.15) is 4.58 Å². The number of unbranched alkanes of at least 4 members (excludes halogenated alkanes) is 2. The maximum absolute atomic E-state index is 12.0. The summed E-state index contributed by atoms with van der Waals surface area (Å²) in [4.78, 5) is 12.0. The van der Waals surface area contributed by atoms with Crippen molar-refractivity contribution in [2.24, 2.45) is 0 Å². The fraction of sp³-hybridized carbons (Fsp3) is 0.333. The number of carbonyl (C=O) groups is 1. The maximum atomic E-state index is 12.0. The topological polar surface area (TPSA) is 29.3 Å². The van der Waals surface area contributed by atoms with Crippen LogP contribution >= 0.6 is 0 Å². The third-order valence-corrected chi connectivity index (χ3v) is 6.37. The van der Waals surface area contributed by atoms with Crippen LogP contribution in [0.15, 0.2) is 66.7 Å². The molecule has 1 heterocycles. The van der Waals surface area contributed by atoms with Crippen LogP contribution in [0.2, 0.25) is 0 Å². The summed E-state index contributed by atoms with van der Waals surface area (Å²) in [5.41, 5.74) is 4.19. The molecule has 0 atom stereocenters. The molecule has 3 nitrogen and oxygen atoms in total. The second kappa shape index (κ2) is 9.65. The number of carbonyl (C=O) groups excluding carboxylic acids is 1. The first-order valence-electron chi connectivity index (χ1n) is 10.9. The van der Waals surface area contributed by atoms with E-state index in [0.717, 1.165) is 25.8 Å². The number of esters is 1. The Morgan fingerprint density at radius 2 is 1.61 bits per heavy atom. The van der Waals surface area contributed by atoms with Crippen LogP contribution in [0, 0.1) is 0 Å². The van der Waals surface area contributed by atoms with Crippen LogP contribution in [0.25, 0.3) is 10.8 Å². The van der Waals surface area contributed by atoms with Gasteiger partial charge in [-0.25, -0.2) is 0 Å². The average molecular weight is 436 g/mol. The number of para-hydroxylation sites is 1. The van der Waals surface area contributed by atoms with Gasteiger partial charge in [0.05, 0.1) is 5.41 Å². The van der Waals surface area contributed by atoms with Gasteiger partial charge in [0.15, 0.2) is 5.71 Å². The van der Waals surface area contributed by atoms with E-state index in [-0.39, 0.29) is 23.8 Å². The lowest BCUT2D eigenvalue weighted by Crippen LogP contribution is -3.00. The van der Waals surface area contributed by atoms with Gasteiger partial charge in [0.2, 0.25) is 5.69 Å². The fourth-order valence-electron chi connectivity index (χ4n) is 4.52. The van der Waals surface area contributed by atoms with E-state index < -0.39 is 0 Å². The molecule has 0 saturated heterocycles. The van der Waals surface area contributed by atoms with Crippen LogP contribution in [-0.4, -0.2) is 22.8 Å². The molecule has 3 aromatic rings. The Morgan fingerprint density at radius 1 is 0.903 bits per heavy atom. The summed E-state index contributed by atoms with van der Waals surface area (Å²) in [5.74, 6) is 0.471. The molecule has 0 amide bonds. The van der Waals surface area contributed by atoms with E-state index in [1.165, 1.54) is 27.7 Å². The lowest BCUT2D eigenvalue weighted by molar-refractivity contribution is -0.439. The molecule has 0 unspecified atom stereocenters. The van der Waals surface area contributed by atoms with Crippen molar-refractivity contribution in [3.8, 4) is 5.75 Å². The van der Waals surface area contributed by atoms with Gasteiger partial charge < -0.3 is 17.1 Å². The summed E-state index contributed by atoms with van der Waals surface area (Å²) in [6, 6.07) is 22.5. The zero-order valence-corrected chi connectivity index (χ0v) is 19.3. The zero-order valence-electron chi connectivity index (χ0n) is 18.5. The number of hydrogen-bond donors (Lipinski definition) is 0. The molecule has 0 fully saturated rings. The van der Waals surface area contributed by atoms with Crippen LogP contribution in [0.1, 0.15) is 52.0 Å². The van der Waals surface area contributed by atoms with Crippen molar-refractivity contribution in [2.45, 2.75) is 51.9 Å². The number of fused-ring (bicyclic) bond motifs is 3. The van der Waals surface area contributed by atoms with Crippen molar-refractivity contribution in [3.63, 3.8) is 0 Å². The maximum Gasteiger partial charge on any atom is 0.311 e. The highest BCUT2D eigenvalue weighted by Crippen LogP contribution is 2.43. The highest BCUT2D eigenvalue weighted by atomic mass is 35.5. The first-order chi connectivity index (χ1) is 14.5. The molecule has 0 aromatic heterocycles. The van der Waals surface area contributed by atoms with Crippen LogP contribution in [0.4, 0.5) is 5.69 Å². The SMILES string of the molecule is CC1=[N+](CCCCCC(=O)Oc2ccccc2)c2ccc3ccccc3c2C1(C)C.[Cl-]. The molecule has 31 heavy (non-hydrogen) atoms. The Labute approximate surface area is 191 Å². The molecule has 0 bridgehead atoms. The first-order valence-corrected chi connectivity index (χ1v) is 10.9. The van der Waals surface area contributed by atoms with Crippen LogP contribution in [-0.2, 0) is 10.2 Å². The van der Waals surface area contributed by atoms with Gasteiger partial charge >= 0.3 is 5.97 Å². The molecular formula is C27H30ClNO2. The van der Waals surface area contributed by atoms with E-state index in [2.05, 4.69) is 61.7 Å². The Balaban J connectivity index is 0.00000272. The molecule has 0 saturated carbocycles. The third kappa shape index (κ3) is 4.67. The van der Waals surface area contributed by atoms with E-state index in [0.29, 0.717) is 12.2 Å². The van der Waals surface area contributed by atoms with Crippen LogP contribution < -0.4 is 17.1 Å². The predicted molar refractivity (Wildman–Crippen MR) is 123 cm³/mol. The molecule has 0 radical (unpaired) electrons. The van der Waals surface area contributed by atoms with Gasteiger partial charge in [0.1, 0.15) is 12.3 Å². The molecule has 0 spiro atoms. The normalized spacial score (nSPS) is 14.3. The molecule has 0 N–H and O–H groups in total. The molecule has 3 aromatic carbocycles. The number of nitrogens with zero attached hydrogens (tertiary/aromatic N) is 1. The largest absolute Gasteiger partial charge is 1.00 e. The third-order valence-electron chi connectivity index (χ3n) is 6.37. The summed E-state index contributed by atoms with van der Waals surface area (Å²) in [7, 11) is 0. The molecule has 1 aliphatic rings. The van der Waals surface area contributed by atoms with Gasteiger partial charge in [-0.05, 0) is 55.7 Å². The van der Waals surface area contributed by atoms with Crippen molar-refractivity contribution < 1.29 is 26.5 Å². The smallest absolute Gasteiger partial charge is 0.311 e. The number of hydrogen-bond acceptors (Lipinski definition) is 2. The van der Waals surface area contributed by atoms with Crippen molar-refractivity contribution in [1.82, 2.24) is 0 Å². The molecule has 4 heteroatoms. The van der Waals surface area contributed by atoms with E-state index in [1.807, 2.05) is 30.3 Å². The Bertz CT molecular complexity index is 1100. The molecule has 1 aliphatic heterocycles. The van der Waals surface area contributed by atoms with Crippen molar-refractivity contribution in [2.75, 3.05) is 6.54 Å². The zero-order chi connectivity index (χ0) is 21.1. The monoisotopic (exact) mass is 435 g/mol. The minimum absolute atomic E-state index is 0. The molecule has 4 rings (SSSR count). The lowest BCUT2D eigenvalue weighted by Gasteiger charge is -2.17. The van der Waals surface area contributed by atoms with Crippen molar-refractivity contribution in [1.29, 1.82) is 0 Å². The van der Waals surface area contributed by atoms with E-state index >= 15 is 0 Å². The molecule has 0 aliphatic carbocycles. The van der Waals surface area contributed by atoms with E-state index in [9.17, 15) is 4.79 Å². The number of ether oxygens (including phenoxy) is 1. The number of benzene rings is 3. The van der Waals surface area contributed by atoms with Crippen molar-refractivity contribution in [3.05, 3.63) is 72.3 Å². The summed E-state index contributed by atoms with van der Waals surface area (Å²) in [6.45, 7) is 7.89. The second-order valence-electron chi connectivity index (χ2n) is 8.64. The highest BCUT2D eigenvalue weighted by molar-refractivity contribution is 6.01. The predicted octanol–water partition coefficient (Wildman–Crippen LogP) is 3.41. The molecule has 162 valence electrons. The number of halogens is 1. The first kappa shape index (κ1) is 23.0. The van der Waals surface area contributed by atoms with Gasteiger partial charge in [-0.1, -0.05) is 42.5 Å². The van der Waals surface area contributed by atoms with Gasteiger partial charge in [-0.15, -0.1) is 0 Å². The Morgan fingerprint density at radius 3 is 2.39 bits per heavy atom. The second-order valence-corrected chi connectivity index (χ2v) is 8.64. The van der Waals surface area contributed by atoms with Crippen LogP contribution in [0.5, 0.6) is 5.75 Å². The Hall–Kier alpha value is -2.65. The lowest BCUT2D eigenvalue weighted by atomic mass is 9.80. The summed E-state index contributed by atoms with van der Waals surface area (Å²) in [6.07, 6.45) is 3.38. The number of rotatable bonds is 7. The minimum atomic E-state index is -0.150. The Kier molecular flexibility index (Phi) is 7.17. The van der Waals surface area contributed by atoms with E-state index in [4.69, 9.17) is 4.74 Å². The van der Waals surface area contributed by atoms with Crippen molar-refractivity contribution >= 4 is 28.1 Å². The van der Waals surface area contributed by atoms with E-state index in [1.54, 1.807) is 0 Å². The van der Waals surface area contributed by atoms with Gasteiger partial charge in [0.25, 0.3) is 0 Å². The van der Waals surface area contributed by atoms with Crippen LogP contribution in [0.3, 0.4) is 0 Å². The van der Waals surface area contributed by atoms with Gasteiger partial charge in [-0.3, -0.25) is 4.79 Å². The van der Waals surface area contributed by atoms with Gasteiger partial charge in [0, 0.05) is 31.4 Å². The standard InChI is InChI=1S/C27H30NO2.ClH/c1-20-27(2,3)26-23-15-10-9-12-21(23)17-18-24(26)28(20)19-11-5-8-16-25(29)30-22-13-6-4-7-14-22;/h4,6-7,9-10,12-15,17-18H,5,8,11,16,19H2,1-3H3;1H/q+1;/p-1.